The summed E-state index contributed by atoms with van der Waals surface area (Å²) in [4.78, 5) is 27.0. The summed E-state index contributed by atoms with van der Waals surface area (Å²) in [5.74, 6) is 0.377. The number of carbonyl (C=O) groups is 2. The molecule has 0 bridgehead atoms. The van der Waals surface area contributed by atoms with Gasteiger partial charge in [0.25, 0.3) is 0 Å². The van der Waals surface area contributed by atoms with Crippen molar-refractivity contribution in [2.24, 2.45) is 0 Å². The van der Waals surface area contributed by atoms with Gasteiger partial charge in [0.15, 0.2) is 11.6 Å². The molecule has 0 heterocycles. The minimum Gasteiger partial charge on any atom is -0.507 e. The molecule has 6 nitrogen and oxygen atoms in total. The van der Waals surface area contributed by atoms with Crippen LogP contribution in [-0.2, 0) is 0 Å². The average Bonchev–Trinajstić information content (AvgIpc) is 3.71. The fourth-order valence-corrected chi connectivity index (χ4v) is 7.23. The van der Waals surface area contributed by atoms with Gasteiger partial charge in [-0.3, -0.25) is 9.59 Å². The molecule has 0 aliphatic heterocycles. The highest BCUT2D eigenvalue weighted by Gasteiger charge is 2.32. The zero-order chi connectivity index (χ0) is 29.8. The molecule has 0 radical (unpaired) electrons. The van der Waals surface area contributed by atoms with E-state index in [0.29, 0.717) is 22.6 Å². The summed E-state index contributed by atoms with van der Waals surface area (Å²) in [6.07, 6.45) is 6.80. The van der Waals surface area contributed by atoms with Crippen molar-refractivity contribution in [2.45, 2.75) is 67.3 Å². The molecule has 2 unspecified atom stereocenters. The Morgan fingerprint density at radius 3 is 1.93 bits per heavy atom. The van der Waals surface area contributed by atoms with Crippen molar-refractivity contribution in [3.05, 3.63) is 113 Å². The van der Waals surface area contributed by atoms with Crippen LogP contribution in [0.3, 0.4) is 0 Å². The van der Waals surface area contributed by atoms with Crippen molar-refractivity contribution in [3.63, 3.8) is 0 Å². The summed E-state index contributed by atoms with van der Waals surface area (Å²) < 4.78 is 12.8. The van der Waals surface area contributed by atoms with Crippen LogP contribution in [0.1, 0.15) is 76.8 Å². The van der Waals surface area contributed by atoms with Crippen molar-refractivity contribution in [3.8, 4) is 23.0 Å². The van der Waals surface area contributed by atoms with Gasteiger partial charge in [-0.15, -0.1) is 11.8 Å². The Morgan fingerprint density at radius 2 is 1.28 bits per heavy atom. The lowest BCUT2D eigenvalue weighted by Crippen LogP contribution is -2.24. The molecule has 2 saturated carbocycles. The number of hydrogen-bond acceptors (Lipinski definition) is 7. The molecular formula is C36H34O6S. The molecule has 0 aromatic heterocycles. The SMILES string of the molecule is O=C(c1ccccc1)c1ccc(OC2CCCC2Sc2cc(C(=O)c3ccccc3)c(O)cc2OC2CCCC2)cc1O. The van der Waals surface area contributed by atoms with Crippen LogP contribution in [0.2, 0.25) is 0 Å². The second-order valence-corrected chi connectivity index (χ2v) is 12.4. The Balaban J connectivity index is 1.23. The largest absolute Gasteiger partial charge is 0.507 e. The smallest absolute Gasteiger partial charge is 0.196 e. The molecule has 4 aromatic carbocycles. The van der Waals surface area contributed by atoms with Gasteiger partial charge in [0.1, 0.15) is 29.1 Å². The Morgan fingerprint density at radius 1 is 0.651 bits per heavy atom. The maximum absolute atomic E-state index is 13.3. The quantitative estimate of drug-likeness (QED) is 0.180. The number of ketones is 2. The Hall–Kier alpha value is -4.23. The van der Waals surface area contributed by atoms with Crippen LogP contribution in [-0.4, -0.2) is 39.2 Å². The van der Waals surface area contributed by atoms with Gasteiger partial charge in [-0.25, -0.2) is 0 Å². The second kappa shape index (κ2) is 13.0. The van der Waals surface area contributed by atoms with Gasteiger partial charge in [-0.2, -0.15) is 0 Å². The molecule has 6 rings (SSSR count). The van der Waals surface area contributed by atoms with E-state index in [-0.39, 0.29) is 51.7 Å². The van der Waals surface area contributed by atoms with Crippen LogP contribution >= 0.6 is 11.8 Å². The molecule has 7 heteroatoms. The summed E-state index contributed by atoms with van der Waals surface area (Å²) >= 11 is 1.60. The number of aromatic hydroxyl groups is 2. The molecule has 0 amide bonds. The lowest BCUT2D eigenvalue weighted by Gasteiger charge is -2.24. The number of hydrogen-bond donors (Lipinski definition) is 2. The molecule has 2 atom stereocenters. The predicted octanol–water partition coefficient (Wildman–Crippen LogP) is 7.97. The first-order valence-electron chi connectivity index (χ1n) is 14.9. The van der Waals surface area contributed by atoms with Crippen LogP contribution < -0.4 is 9.47 Å². The molecule has 43 heavy (non-hydrogen) atoms. The second-order valence-electron chi connectivity index (χ2n) is 11.2. The van der Waals surface area contributed by atoms with E-state index >= 15 is 0 Å². The standard InChI is InChI=1S/C36H34O6S/c37-29-20-26(18-19-27(29)35(39)23-10-3-1-4-11-23)42-31-16-9-17-33(31)43-34-21-28(36(40)24-12-5-2-6-13-24)30(38)22-32(34)41-25-14-7-8-15-25/h1-6,10-13,18-22,25,31,33,37-38H,7-9,14-17H2. The summed E-state index contributed by atoms with van der Waals surface area (Å²) in [5, 5.41) is 21.7. The first-order chi connectivity index (χ1) is 21.0. The van der Waals surface area contributed by atoms with E-state index in [1.165, 1.54) is 6.07 Å². The molecule has 0 saturated heterocycles. The van der Waals surface area contributed by atoms with Crippen LogP contribution in [0.5, 0.6) is 23.0 Å². The fourth-order valence-electron chi connectivity index (χ4n) is 5.87. The van der Waals surface area contributed by atoms with E-state index in [1.807, 2.05) is 12.1 Å². The van der Waals surface area contributed by atoms with Gasteiger partial charge in [-0.05, 0) is 63.1 Å². The highest BCUT2D eigenvalue weighted by atomic mass is 32.2. The zero-order valence-corrected chi connectivity index (χ0v) is 24.6. The van der Waals surface area contributed by atoms with E-state index in [1.54, 1.807) is 84.6 Å². The van der Waals surface area contributed by atoms with Crippen LogP contribution in [0.4, 0.5) is 0 Å². The third-order valence-corrected chi connectivity index (χ3v) is 9.56. The van der Waals surface area contributed by atoms with Gasteiger partial charge in [0.05, 0.1) is 22.1 Å². The third kappa shape index (κ3) is 6.57. The number of phenolic OH excluding ortho intramolecular Hbond substituents is 2. The highest BCUT2D eigenvalue weighted by molar-refractivity contribution is 8.00. The van der Waals surface area contributed by atoms with E-state index < -0.39 is 0 Å². The van der Waals surface area contributed by atoms with Crippen molar-refractivity contribution in [1.29, 1.82) is 0 Å². The van der Waals surface area contributed by atoms with Crippen LogP contribution in [0.25, 0.3) is 0 Å². The third-order valence-electron chi connectivity index (χ3n) is 8.15. The first kappa shape index (κ1) is 28.9. The molecule has 2 fully saturated rings. The van der Waals surface area contributed by atoms with Crippen LogP contribution in [0, 0.1) is 0 Å². The number of phenols is 2. The average molecular weight is 595 g/mol. The predicted molar refractivity (Wildman–Crippen MR) is 167 cm³/mol. The number of benzene rings is 4. The monoisotopic (exact) mass is 594 g/mol. The fraction of sp³-hybridized carbons (Fsp3) is 0.278. The van der Waals surface area contributed by atoms with Gasteiger partial charge < -0.3 is 19.7 Å². The van der Waals surface area contributed by atoms with Crippen LogP contribution in [0.15, 0.2) is 95.9 Å². The van der Waals surface area contributed by atoms with E-state index in [2.05, 4.69) is 0 Å². The minimum absolute atomic E-state index is 0.0583. The van der Waals surface area contributed by atoms with Crippen molar-refractivity contribution in [2.75, 3.05) is 0 Å². The topological polar surface area (TPSA) is 93.1 Å². The summed E-state index contributed by atoms with van der Waals surface area (Å²) in [6.45, 7) is 0. The molecular weight excluding hydrogens is 560 g/mol. The first-order valence-corrected chi connectivity index (χ1v) is 15.7. The molecule has 0 spiro atoms. The highest BCUT2D eigenvalue weighted by Crippen LogP contribution is 2.44. The normalized spacial score (nSPS) is 18.4. The zero-order valence-electron chi connectivity index (χ0n) is 23.8. The molecule has 2 N–H and O–H groups in total. The van der Waals surface area contributed by atoms with E-state index in [9.17, 15) is 19.8 Å². The van der Waals surface area contributed by atoms with Gasteiger partial charge >= 0.3 is 0 Å². The van der Waals surface area contributed by atoms with Crippen molar-refractivity contribution in [1.82, 2.24) is 0 Å². The summed E-state index contributed by atoms with van der Waals surface area (Å²) in [6, 6.07) is 26.0. The van der Waals surface area contributed by atoms with Gasteiger partial charge in [0.2, 0.25) is 0 Å². The Bertz CT molecular complexity index is 1600. The number of ether oxygens (including phenoxy) is 2. The maximum atomic E-state index is 13.3. The van der Waals surface area contributed by atoms with Gasteiger partial charge in [0, 0.05) is 28.5 Å². The maximum Gasteiger partial charge on any atom is 0.196 e. The molecule has 220 valence electrons. The molecule has 2 aliphatic rings. The number of rotatable bonds is 10. The Kier molecular flexibility index (Phi) is 8.70. The van der Waals surface area contributed by atoms with Crippen molar-refractivity contribution < 1.29 is 29.3 Å². The molecule has 2 aliphatic carbocycles. The number of carbonyl (C=O) groups excluding carboxylic acids is 2. The number of thioether (sulfide) groups is 1. The lowest BCUT2D eigenvalue weighted by molar-refractivity contribution is 0.102. The van der Waals surface area contributed by atoms with Crippen molar-refractivity contribution >= 4 is 23.3 Å². The van der Waals surface area contributed by atoms with Gasteiger partial charge in [-0.1, -0.05) is 60.7 Å². The minimum atomic E-state index is -0.248. The van der Waals surface area contributed by atoms with E-state index in [0.717, 1.165) is 49.8 Å². The summed E-state index contributed by atoms with van der Waals surface area (Å²) in [5.41, 5.74) is 1.48. The van der Waals surface area contributed by atoms with E-state index in [4.69, 9.17) is 9.47 Å². The molecule has 4 aromatic rings. The Labute approximate surface area is 255 Å². The lowest BCUT2D eigenvalue weighted by atomic mass is 10.0. The summed E-state index contributed by atoms with van der Waals surface area (Å²) in [7, 11) is 0.